The molecule has 0 bridgehead atoms. The maximum atomic E-state index is 4.75. The summed E-state index contributed by atoms with van der Waals surface area (Å²) < 4.78 is 0. The molecule has 2 aromatic heterocycles. The number of hydrogen-bond donors (Lipinski definition) is 0. The molecule has 3 heteroatoms. The molecule has 1 aliphatic rings. The summed E-state index contributed by atoms with van der Waals surface area (Å²) in [6, 6.07) is 34.3. The highest BCUT2D eigenvalue weighted by Gasteiger charge is 2.37. The minimum atomic E-state index is 0.0824. The predicted octanol–water partition coefficient (Wildman–Crippen LogP) is 4.31. The summed E-state index contributed by atoms with van der Waals surface area (Å²) in [5, 5.41) is 0. The molecule has 0 N–H and O–H groups in total. The molecule has 0 spiro atoms. The number of fused-ring (bicyclic) bond motifs is 3. The molecular weight excluding hydrogens is 375 g/mol. The Morgan fingerprint density at radius 3 is 1.87 bits per heavy atom. The van der Waals surface area contributed by atoms with Gasteiger partial charge in [0.1, 0.15) is 0 Å². The number of benzene rings is 3. The van der Waals surface area contributed by atoms with Crippen LogP contribution >= 0.6 is 0 Å². The molecule has 6 rings (SSSR count). The summed E-state index contributed by atoms with van der Waals surface area (Å²) in [6.45, 7) is 0.0824. The van der Waals surface area contributed by atoms with Gasteiger partial charge in [-0.2, -0.15) is 0 Å². The Hall–Kier alpha value is -3.98. The van der Waals surface area contributed by atoms with E-state index in [1.54, 1.807) is 0 Å². The van der Waals surface area contributed by atoms with E-state index in [0.29, 0.717) is 0 Å². The van der Waals surface area contributed by atoms with Gasteiger partial charge in [0.15, 0.2) is 0 Å². The maximum Gasteiger partial charge on any atom is 0.248 e. The molecule has 1 aliphatic heterocycles. The SMILES string of the molecule is c1ccc(-c2cccc(-c3ccccc3)c2B2c3cnccc3-c3ncccc32)cc1. The van der Waals surface area contributed by atoms with E-state index in [4.69, 9.17) is 4.98 Å². The van der Waals surface area contributed by atoms with Gasteiger partial charge in [0.2, 0.25) is 6.71 Å². The standard InChI is InChI=1S/C28H19BN2/c1-3-9-20(10-4-1)22-13-7-14-23(21-11-5-2-6-12-21)27(22)29-25-15-8-17-31-28(25)24-16-18-30-19-26(24)29/h1-19H. The van der Waals surface area contributed by atoms with Crippen molar-refractivity contribution >= 4 is 23.1 Å². The lowest BCUT2D eigenvalue weighted by Gasteiger charge is -2.20. The quantitative estimate of drug-likeness (QED) is 0.418. The van der Waals surface area contributed by atoms with Crippen LogP contribution in [0.1, 0.15) is 0 Å². The van der Waals surface area contributed by atoms with Crippen LogP contribution in [0.3, 0.4) is 0 Å². The van der Waals surface area contributed by atoms with Gasteiger partial charge in [-0.3, -0.25) is 9.97 Å². The van der Waals surface area contributed by atoms with Gasteiger partial charge in [-0.15, -0.1) is 0 Å². The molecule has 3 heterocycles. The molecule has 5 aromatic rings. The smallest absolute Gasteiger partial charge is 0.248 e. The van der Waals surface area contributed by atoms with E-state index in [2.05, 4.69) is 96.0 Å². The molecule has 2 nitrogen and oxygen atoms in total. The molecule has 0 aliphatic carbocycles. The van der Waals surface area contributed by atoms with Crippen LogP contribution in [0.2, 0.25) is 0 Å². The fourth-order valence-electron chi connectivity index (χ4n) is 4.82. The molecular formula is C28H19BN2. The second-order valence-electron chi connectivity index (χ2n) is 7.84. The van der Waals surface area contributed by atoms with E-state index >= 15 is 0 Å². The minimum Gasteiger partial charge on any atom is -0.265 e. The highest BCUT2D eigenvalue weighted by Crippen LogP contribution is 2.28. The van der Waals surface area contributed by atoms with Crippen LogP contribution in [0.25, 0.3) is 33.5 Å². The minimum absolute atomic E-state index is 0.0824. The molecule has 144 valence electrons. The van der Waals surface area contributed by atoms with Crippen LogP contribution < -0.4 is 16.4 Å². The van der Waals surface area contributed by atoms with E-state index in [-0.39, 0.29) is 6.71 Å². The Kier molecular flexibility index (Phi) is 4.24. The molecule has 3 aromatic carbocycles. The van der Waals surface area contributed by atoms with Crippen molar-refractivity contribution in [2.45, 2.75) is 0 Å². The lowest BCUT2D eigenvalue weighted by Crippen LogP contribution is -2.50. The first-order valence-corrected chi connectivity index (χ1v) is 10.5. The fraction of sp³-hybridized carbons (Fsp3) is 0. The first-order chi connectivity index (χ1) is 15.4. The van der Waals surface area contributed by atoms with Crippen LogP contribution in [0.4, 0.5) is 0 Å². The van der Waals surface area contributed by atoms with Crippen LogP contribution in [-0.4, -0.2) is 16.7 Å². The molecule has 0 amide bonds. The molecule has 0 radical (unpaired) electrons. The third-order valence-electron chi connectivity index (χ3n) is 6.13. The van der Waals surface area contributed by atoms with E-state index < -0.39 is 0 Å². The third kappa shape index (κ3) is 2.90. The summed E-state index contributed by atoms with van der Waals surface area (Å²) >= 11 is 0. The van der Waals surface area contributed by atoms with Gasteiger partial charge in [0, 0.05) is 18.6 Å². The first kappa shape index (κ1) is 17.8. The lowest BCUT2D eigenvalue weighted by molar-refractivity contribution is 1.32. The Morgan fingerprint density at radius 1 is 0.516 bits per heavy atom. The van der Waals surface area contributed by atoms with Gasteiger partial charge in [-0.25, -0.2) is 0 Å². The van der Waals surface area contributed by atoms with Crippen molar-refractivity contribution in [3.63, 3.8) is 0 Å². The van der Waals surface area contributed by atoms with E-state index in [1.807, 2.05) is 24.7 Å². The average molecular weight is 394 g/mol. The second-order valence-corrected chi connectivity index (χ2v) is 7.84. The average Bonchev–Trinajstić information content (AvgIpc) is 3.19. The highest BCUT2D eigenvalue weighted by molar-refractivity contribution is 7.00. The molecule has 31 heavy (non-hydrogen) atoms. The van der Waals surface area contributed by atoms with Gasteiger partial charge < -0.3 is 0 Å². The predicted molar refractivity (Wildman–Crippen MR) is 129 cm³/mol. The van der Waals surface area contributed by atoms with Crippen LogP contribution in [0.15, 0.2) is 116 Å². The van der Waals surface area contributed by atoms with Crippen molar-refractivity contribution in [1.29, 1.82) is 0 Å². The molecule has 0 saturated carbocycles. The Labute approximate surface area is 182 Å². The zero-order chi connectivity index (χ0) is 20.6. The maximum absolute atomic E-state index is 4.75. The summed E-state index contributed by atoms with van der Waals surface area (Å²) in [4.78, 5) is 9.25. The number of pyridine rings is 2. The van der Waals surface area contributed by atoms with Gasteiger partial charge in [-0.05, 0) is 50.9 Å². The summed E-state index contributed by atoms with van der Waals surface area (Å²) in [5.41, 5.74) is 10.9. The van der Waals surface area contributed by atoms with Gasteiger partial charge in [0.05, 0.1) is 5.69 Å². The molecule has 0 atom stereocenters. The van der Waals surface area contributed by atoms with Crippen LogP contribution in [0, 0.1) is 0 Å². The number of aromatic nitrogens is 2. The first-order valence-electron chi connectivity index (χ1n) is 10.5. The normalized spacial score (nSPS) is 11.8. The zero-order valence-corrected chi connectivity index (χ0v) is 16.9. The number of rotatable bonds is 3. The van der Waals surface area contributed by atoms with Crippen molar-refractivity contribution in [2.24, 2.45) is 0 Å². The number of nitrogens with zero attached hydrogens (tertiary/aromatic N) is 2. The zero-order valence-electron chi connectivity index (χ0n) is 16.9. The van der Waals surface area contributed by atoms with Crippen molar-refractivity contribution in [3.8, 4) is 33.5 Å². The topological polar surface area (TPSA) is 25.8 Å². The molecule has 0 fully saturated rings. The van der Waals surface area contributed by atoms with Crippen molar-refractivity contribution in [1.82, 2.24) is 9.97 Å². The Bertz CT molecular complexity index is 1280. The van der Waals surface area contributed by atoms with Gasteiger partial charge >= 0.3 is 0 Å². The summed E-state index contributed by atoms with van der Waals surface area (Å²) in [7, 11) is 0. The lowest BCUT2D eigenvalue weighted by atomic mass is 9.37. The Morgan fingerprint density at radius 2 is 1.19 bits per heavy atom. The van der Waals surface area contributed by atoms with E-state index in [0.717, 1.165) is 5.69 Å². The third-order valence-corrected chi connectivity index (χ3v) is 6.13. The summed E-state index contributed by atoms with van der Waals surface area (Å²) in [6.07, 6.45) is 5.76. The van der Waals surface area contributed by atoms with Crippen molar-refractivity contribution in [3.05, 3.63) is 116 Å². The number of hydrogen-bond acceptors (Lipinski definition) is 2. The monoisotopic (exact) mass is 394 g/mol. The fourth-order valence-corrected chi connectivity index (χ4v) is 4.82. The van der Waals surface area contributed by atoms with E-state index in [9.17, 15) is 0 Å². The second kappa shape index (κ2) is 7.37. The molecule has 0 saturated heterocycles. The van der Waals surface area contributed by atoms with Crippen LogP contribution in [0.5, 0.6) is 0 Å². The highest BCUT2D eigenvalue weighted by atomic mass is 14.7. The summed E-state index contributed by atoms with van der Waals surface area (Å²) in [5.74, 6) is 0. The Balaban J connectivity index is 1.71. The van der Waals surface area contributed by atoms with Crippen molar-refractivity contribution in [2.75, 3.05) is 0 Å². The van der Waals surface area contributed by atoms with E-state index in [1.165, 1.54) is 44.2 Å². The molecule has 0 unspecified atom stereocenters. The van der Waals surface area contributed by atoms with Crippen molar-refractivity contribution < 1.29 is 0 Å². The van der Waals surface area contributed by atoms with Gasteiger partial charge in [-0.1, -0.05) is 90.4 Å². The van der Waals surface area contributed by atoms with Crippen LogP contribution in [-0.2, 0) is 0 Å². The largest absolute Gasteiger partial charge is 0.265 e. The van der Waals surface area contributed by atoms with Gasteiger partial charge in [0.25, 0.3) is 0 Å².